The van der Waals surface area contributed by atoms with Gasteiger partial charge in [-0.1, -0.05) is 0 Å². The van der Waals surface area contributed by atoms with Crippen molar-refractivity contribution in [1.29, 1.82) is 0 Å². The van der Waals surface area contributed by atoms with Crippen molar-refractivity contribution >= 4 is 11.6 Å². The van der Waals surface area contributed by atoms with Gasteiger partial charge in [-0.3, -0.25) is 0 Å². The molecule has 0 bridgehead atoms. The Kier molecular flexibility index (Phi) is 2.33. The number of alkyl halides is 3. The zero-order chi connectivity index (χ0) is 12.8. The number of nitrogens with zero attached hydrogens (tertiary/aromatic N) is 4. The quantitative estimate of drug-likeness (QED) is 0.797. The first-order valence-corrected chi connectivity index (χ1v) is 4.53. The molecule has 0 unspecified atom stereocenters. The maximum absolute atomic E-state index is 12.6. The number of fused-ring (bicyclic) bond motifs is 1. The number of nitrogens with one attached hydrogen (secondary N) is 1. The van der Waals surface area contributed by atoms with Crippen LogP contribution in [0.15, 0.2) is 10.9 Å². The molecule has 0 aliphatic heterocycles. The molecule has 2 aromatic rings. The lowest BCUT2D eigenvalue weighted by Crippen LogP contribution is -2.23. The van der Waals surface area contributed by atoms with Crippen molar-refractivity contribution in [3.63, 3.8) is 0 Å². The number of hydrogen-bond acceptors (Lipinski definition) is 4. The molecule has 0 saturated heterocycles. The van der Waals surface area contributed by atoms with E-state index < -0.39 is 17.6 Å². The van der Waals surface area contributed by atoms with E-state index in [-0.39, 0.29) is 11.6 Å². The zero-order valence-corrected chi connectivity index (χ0v) is 8.91. The Labute approximate surface area is 92.7 Å². The summed E-state index contributed by atoms with van der Waals surface area (Å²) in [4.78, 5) is 16.1. The van der Waals surface area contributed by atoms with E-state index in [4.69, 9.17) is 0 Å². The third-order valence-electron chi connectivity index (χ3n) is 2.07. The van der Waals surface area contributed by atoms with Gasteiger partial charge in [-0.05, 0) is 0 Å². The predicted molar refractivity (Wildman–Crippen MR) is 52.9 cm³/mol. The summed E-state index contributed by atoms with van der Waals surface area (Å²) >= 11 is 0. The van der Waals surface area contributed by atoms with E-state index in [0.29, 0.717) is 6.07 Å². The molecule has 0 fully saturated rings. The molecule has 2 rings (SSSR count). The third kappa shape index (κ3) is 1.83. The average Bonchev–Trinajstić information content (AvgIpc) is 2.58. The Morgan fingerprint density at radius 1 is 1.41 bits per heavy atom. The first-order chi connectivity index (χ1) is 7.80. The minimum absolute atomic E-state index is 0.124. The van der Waals surface area contributed by atoms with Crippen LogP contribution in [0.1, 0.15) is 5.69 Å². The molecule has 2 aromatic heterocycles. The highest BCUT2D eigenvalue weighted by molar-refractivity contribution is 5.47. The summed E-state index contributed by atoms with van der Waals surface area (Å²) < 4.78 is 38.6. The van der Waals surface area contributed by atoms with Crippen LogP contribution in [-0.2, 0) is 6.18 Å². The van der Waals surface area contributed by atoms with Crippen LogP contribution < -0.4 is 10.6 Å². The summed E-state index contributed by atoms with van der Waals surface area (Å²) in [7, 11) is 2.97. The fourth-order valence-electron chi connectivity index (χ4n) is 1.36. The first-order valence-electron chi connectivity index (χ1n) is 4.53. The second-order valence-electron chi connectivity index (χ2n) is 3.56. The Bertz CT molecular complexity index is 612. The van der Waals surface area contributed by atoms with Crippen LogP contribution in [-0.4, -0.2) is 33.7 Å². The zero-order valence-electron chi connectivity index (χ0n) is 8.91. The number of hydrogen-bond donors (Lipinski definition) is 1. The number of rotatable bonds is 1. The molecule has 1 N–H and O–H groups in total. The van der Waals surface area contributed by atoms with Gasteiger partial charge < -0.3 is 4.90 Å². The molecular formula is C8H8F3N5O. The molecule has 92 valence electrons. The molecule has 0 aliphatic carbocycles. The van der Waals surface area contributed by atoms with E-state index in [2.05, 4.69) is 15.2 Å². The molecule has 0 atom stereocenters. The normalized spacial score (nSPS) is 12.1. The van der Waals surface area contributed by atoms with Gasteiger partial charge in [0.05, 0.1) is 0 Å². The summed E-state index contributed by atoms with van der Waals surface area (Å²) in [5.74, 6) is -0.131. The minimum Gasteiger partial charge on any atom is -0.348 e. The van der Waals surface area contributed by atoms with Crippen LogP contribution in [0.2, 0.25) is 0 Å². The van der Waals surface area contributed by atoms with Gasteiger partial charge in [0.25, 0.3) is 0 Å². The molecule has 0 aliphatic rings. The van der Waals surface area contributed by atoms with Crippen LogP contribution in [0, 0.1) is 0 Å². The van der Waals surface area contributed by atoms with Gasteiger partial charge in [0, 0.05) is 20.2 Å². The van der Waals surface area contributed by atoms with Crippen molar-refractivity contribution in [1.82, 2.24) is 19.6 Å². The molecule has 0 saturated carbocycles. The number of aromatic amines is 1. The topological polar surface area (TPSA) is 66.3 Å². The molecule has 2 heterocycles. The second kappa shape index (κ2) is 3.47. The maximum atomic E-state index is 12.6. The van der Waals surface area contributed by atoms with Crippen molar-refractivity contribution in [3.8, 4) is 0 Å². The fourth-order valence-corrected chi connectivity index (χ4v) is 1.36. The monoisotopic (exact) mass is 247 g/mol. The van der Waals surface area contributed by atoms with Gasteiger partial charge in [0.15, 0.2) is 11.3 Å². The molecule has 9 heteroatoms. The molecule has 17 heavy (non-hydrogen) atoms. The van der Waals surface area contributed by atoms with E-state index >= 15 is 0 Å². The second-order valence-corrected chi connectivity index (χ2v) is 3.56. The highest BCUT2D eigenvalue weighted by Gasteiger charge is 2.34. The Balaban J connectivity index is 2.83. The lowest BCUT2D eigenvalue weighted by atomic mass is 10.4. The van der Waals surface area contributed by atoms with Crippen molar-refractivity contribution in [2.24, 2.45) is 0 Å². The van der Waals surface area contributed by atoms with Gasteiger partial charge in [-0.2, -0.15) is 18.3 Å². The summed E-state index contributed by atoms with van der Waals surface area (Å²) in [6.45, 7) is 0. The SMILES string of the molecule is CN(C)c1nc(C(F)(F)F)cc2n[nH]c(=O)n12. The van der Waals surface area contributed by atoms with Crippen molar-refractivity contribution in [2.45, 2.75) is 6.18 Å². The first kappa shape index (κ1) is 11.4. The fraction of sp³-hybridized carbons (Fsp3) is 0.375. The van der Waals surface area contributed by atoms with Crippen LogP contribution in [0.4, 0.5) is 19.1 Å². The molecule has 0 spiro atoms. The highest BCUT2D eigenvalue weighted by atomic mass is 19.4. The van der Waals surface area contributed by atoms with E-state index in [1.165, 1.54) is 19.0 Å². The minimum atomic E-state index is -4.58. The smallest absolute Gasteiger partial charge is 0.348 e. The van der Waals surface area contributed by atoms with E-state index in [9.17, 15) is 18.0 Å². The Morgan fingerprint density at radius 3 is 2.59 bits per heavy atom. The summed E-state index contributed by atoms with van der Waals surface area (Å²) in [5.41, 5.74) is -1.85. The lowest BCUT2D eigenvalue weighted by Gasteiger charge is -2.14. The summed E-state index contributed by atoms with van der Waals surface area (Å²) in [5, 5.41) is 5.57. The molecule has 0 radical (unpaired) electrons. The number of aromatic nitrogens is 4. The van der Waals surface area contributed by atoms with Gasteiger partial charge in [-0.25, -0.2) is 19.3 Å². The van der Waals surface area contributed by atoms with E-state index in [1.807, 2.05) is 0 Å². The highest BCUT2D eigenvalue weighted by Crippen LogP contribution is 2.29. The van der Waals surface area contributed by atoms with Gasteiger partial charge in [-0.15, -0.1) is 0 Å². The van der Waals surface area contributed by atoms with Gasteiger partial charge in [0.1, 0.15) is 0 Å². The summed E-state index contributed by atoms with van der Waals surface area (Å²) in [6, 6.07) is 0.713. The average molecular weight is 247 g/mol. The number of halogens is 3. The van der Waals surface area contributed by atoms with E-state index in [1.54, 1.807) is 0 Å². The van der Waals surface area contributed by atoms with Crippen LogP contribution >= 0.6 is 0 Å². The van der Waals surface area contributed by atoms with Gasteiger partial charge >= 0.3 is 11.9 Å². The van der Waals surface area contributed by atoms with Gasteiger partial charge in [0.2, 0.25) is 5.95 Å². The summed E-state index contributed by atoms with van der Waals surface area (Å²) in [6.07, 6.45) is -4.58. The third-order valence-corrected chi connectivity index (χ3v) is 2.07. The van der Waals surface area contributed by atoms with Crippen molar-refractivity contribution in [3.05, 3.63) is 22.2 Å². The van der Waals surface area contributed by atoms with Crippen molar-refractivity contribution < 1.29 is 13.2 Å². The molecule has 6 nitrogen and oxygen atoms in total. The Morgan fingerprint density at radius 2 is 2.06 bits per heavy atom. The number of anilines is 1. The Hall–Kier alpha value is -2.06. The van der Waals surface area contributed by atoms with Crippen LogP contribution in [0.5, 0.6) is 0 Å². The van der Waals surface area contributed by atoms with Crippen LogP contribution in [0.3, 0.4) is 0 Å². The van der Waals surface area contributed by atoms with Crippen LogP contribution in [0.25, 0.3) is 5.65 Å². The van der Waals surface area contributed by atoms with Crippen molar-refractivity contribution in [2.75, 3.05) is 19.0 Å². The standard InChI is InChI=1S/C8H8F3N5O/c1-15(2)6-12-4(8(9,10)11)3-5-13-14-7(17)16(5)6/h3H,1-2H3,(H,14,17). The molecule has 0 amide bonds. The molecule has 0 aromatic carbocycles. The van der Waals surface area contributed by atoms with E-state index in [0.717, 1.165) is 4.40 Å². The maximum Gasteiger partial charge on any atom is 0.433 e. The predicted octanol–water partition coefficient (Wildman–Crippen LogP) is 0.502. The largest absolute Gasteiger partial charge is 0.433 e. The lowest BCUT2D eigenvalue weighted by molar-refractivity contribution is -0.141. The number of H-pyrrole nitrogens is 1. The molecular weight excluding hydrogens is 239 g/mol.